The molecule has 0 N–H and O–H groups in total. The number of amides is 1. The molecule has 0 saturated carbocycles. The number of fused-ring (bicyclic) bond motifs is 1. The van der Waals surface area contributed by atoms with Gasteiger partial charge in [-0.05, 0) is 41.8 Å². The molecule has 3 aromatic rings. The second kappa shape index (κ2) is 6.17. The lowest BCUT2D eigenvalue weighted by molar-refractivity contribution is 0.0703. The number of carbonyl (C=O) groups excluding carboxylic acids is 1. The third-order valence-corrected chi connectivity index (χ3v) is 4.70. The normalized spacial score (nSPS) is 13.6. The van der Waals surface area contributed by atoms with Crippen molar-refractivity contribution in [2.24, 2.45) is 0 Å². The molecule has 4 heteroatoms. The molecule has 0 atom stereocenters. The average Bonchev–Trinajstić information content (AvgIpc) is 3.11. The van der Waals surface area contributed by atoms with Crippen molar-refractivity contribution in [2.45, 2.75) is 13.0 Å². The molecular weight excluding hydrogens is 322 g/mol. The van der Waals surface area contributed by atoms with Gasteiger partial charge in [0.2, 0.25) is 0 Å². The van der Waals surface area contributed by atoms with Crippen LogP contribution in [0.15, 0.2) is 65.1 Å². The first kappa shape index (κ1) is 15.0. The first-order chi connectivity index (χ1) is 11.7. The second-order valence-electron chi connectivity index (χ2n) is 5.89. The van der Waals surface area contributed by atoms with Crippen molar-refractivity contribution in [3.8, 4) is 11.3 Å². The summed E-state index contributed by atoms with van der Waals surface area (Å²) in [6.45, 7) is 1.33. The summed E-state index contributed by atoms with van der Waals surface area (Å²) < 4.78 is 5.78. The Kier molecular flexibility index (Phi) is 3.87. The fourth-order valence-corrected chi connectivity index (χ4v) is 3.31. The van der Waals surface area contributed by atoms with Gasteiger partial charge in [0.25, 0.3) is 5.91 Å². The van der Waals surface area contributed by atoms with Crippen LogP contribution in [0.4, 0.5) is 0 Å². The standard InChI is InChI=1S/C20H16ClNO2/c21-17-8-4-3-7-16(17)18-9-10-19(24-18)20(23)22-12-11-14-5-1-2-6-15(14)13-22/h1-10H,11-13H2. The van der Waals surface area contributed by atoms with Gasteiger partial charge in [0, 0.05) is 18.7 Å². The molecule has 0 aliphatic carbocycles. The van der Waals surface area contributed by atoms with Gasteiger partial charge in [-0.15, -0.1) is 0 Å². The van der Waals surface area contributed by atoms with E-state index in [1.807, 2.05) is 41.3 Å². The molecular formula is C20H16ClNO2. The molecule has 3 nitrogen and oxygen atoms in total. The second-order valence-corrected chi connectivity index (χ2v) is 6.30. The third kappa shape index (κ3) is 2.72. The van der Waals surface area contributed by atoms with Gasteiger partial charge >= 0.3 is 0 Å². The van der Waals surface area contributed by atoms with Gasteiger partial charge in [0.15, 0.2) is 5.76 Å². The zero-order valence-electron chi connectivity index (χ0n) is 13.0. The third-order valence-electron chi connectivity index (χ3n) is 4.37. The fraction of sp³-hybridized carbons (Fsp3) is 0.150. The molecule has 1 amide bonds. The number of rotatable bonds is 2. The number of carbonyl (C=O) groups is 1. The van der Waals surface area contributed by atoms with Crippen molar-refractivity contribution < 1.29 is 9.21 Å². The molecule has 4 rings (SSSR count). The van der Waals surface area contributed by atoms with Crippen molar-refractivity contribution in [1.29, 1.82) is 0 Å². The minimum absolute atomic E-state index is 0.0807. The Bertz CT molecular complexity index is 900. The van der Waals surface area contributed by atoms with Crippen LogP contribution in [0.1, 0.15) is 21.7 Å². The van der Waals surface area contributed by atoms with Crippen LogP contribution in [0.25, 0.3) is 11.3 Å². The summed E-state index contributed by atoms with van der Waals surface area (Å²) in [7, 11) is 0. The lowest BCUT2D eigenvalue weighted by atomic mass is 10.00. The highest BCUT2D eigenvalue weighted by atomic mass is 35.5. The zero-order chi connectivity index (χ0) is 16.5. The molecule has 0 fully saturated rings. The Morgan fingerprint density at radius 3 is 2.54 bits per heavy atom. The Morgan fingerprint density at radius 1 is 0.958 bits per heavy atom. The van der Waals surface area contributed by atoms with E-state index in [1.165, 1.54) is 11.1 Å². The molecule has 2 heterocycles. The minimum atomic E-state index is -0.0807. The number of hydrogen-bond donors (Lipinski definition) is 0. The molecule has 2 aromatic carbocycles. The van der Waals surface area contributed by atoms with Crippen molar-refractivity contribution >= 4 is 17.5 Å². The molecule has 0 unspecified atom stereocenters. The Morgan fingerprint density at radius 2 is 1.71 bits per heavy atom. The first-order valence-corrected chi connectivity index (χ1v) is 8.31. The van der Waals surface area contributed by atoms with Gasteiger partial charge in [-0.3, -0.25) is 4.79 Å². The van der Waals surface area contributed by atoms with Crippen molar-refractivity contribution in [3.05, 3.63) is 82.6 Å². The lowest BCUT2D eigenvalue weighted by Crippen LogP contribution is -2.35. The van der Waals surface area contributed by atoms with Crippen LogP contribution in [-0.2, 0) is 13.0 Å². The number of halogens is 1. The summed E-state index contributed by atoms with van der Waals surface area (Å²) in [4.78, 5) is 14.6. The van der Waals surface area contributed by atoms with Crippen LogP contribution in [0.2, 0.25) is 5.02 Å². The van der Waals surface area contributed by atoms with Gasteiger partial charge in [-0.1, -0.05) is 48.0 Å². The quantitative estimate of drug-likeness (QED) is 0.673. The van der Waals surface area contributed by atoms with Crippen molar-refractivity contribution in [1.82, 2.24) is 4.90 Å². The Labute approximate surface area is 145 Å². The molecule has 1 aliphatic heterocycles. The smallest absolute Gasteiger partial charge is 0.289 e. The highest BCUT2D eigenvalue weighted by Gasteiger charge is 2.24. The summed E-state index contributed by atoms with van der Waals surface area (Å²) in [6.07, 6.45) is 0.875. The monoisotopic (exact) mass is 337 g/mol. The van der Waals surface area contributed by atoms with Crippen LogP contribution in [-0.4, -0.2) is 17.4 Å². The molecule has 1 aromatic heterocycles. The number of benzene rings is 2. The molecule has 120 valence electrons. The predicted molar refractivity (Wildman–Crippen MR) is 94.0 cm³/mol. The topological polar surface area (TPSA) is 33.5 Å². The van der Waals surface area contributed by atoms with Crippen LogP contribution < -0.4 is 0 Å². The van der Waals surface area contributed by atoms with Gasteiger partial charge in [0.1, 0.15) is 5.76 Å². The van der Waals surface area contributed by atoms with Gasteiger partial charge in [0.05, 0.1) is 5.02 Å². The average molecular weight is 338 g/mol. The van der Waals surface area contributed by atoms with E-state index >= 15 is 0 Å². The van der Waals surface area contributed by atoms with Crippen LogP contribution >= 0.6 is 11.6 Å². The number of hydrogen-bond acceptors (Lipinski definition) is 2. The van der Waals surface area contributed by atoms with E-state index in [-0.39, 0.29) is 5.91 Å². The fourth-order valence-electron chi connectivity index (χ4n) is 3.08. The van der Waals surface area contributed by atoms with Gasteiger partial charge < -0.3 is 9.32 Å². The zero-order valence-corrected chi connectivity index (χ0v) is 13.8. The van der Waals surface area contributed by atoms with E-state index in [0.29, 0.717) is 29.6 Å². The molecule has 0 radical (unpaired) electrons. The van der Waals surface area contributed by atoms with Gasteiger partial charge in [-0.25, -0.2) is 0 Å². The van der Waals surface area contributed by atoms with Crippen LogP contribution in [0, 0.1) is 0 Å². The maximum absolute atomic E-state index is 12.7. The van der Waals surface area contributed by atoms with Crippen molar-refractivity contribution in [2.75, 3.05) is 6.54 Å². The minimum Gasteiger partial charge on any atom is -0.451 e. The maximum Gasteiger partial charge on any atom is 0.289 e. The van der Waals surface area contributed by atoms with Crippen LogP contribution in [0.3, 0.4) is 0 Å². The van der Waals surface area contributed by atoms with Crippen molar-refractivity contribution in [3.63, 3.8) is 0 Å². The Balaban J connectivity index is 1.57. The van der Waals surface area contributed by atoms with Crippen LogP contribution in [0.5, 0.6) is 0 Å². The van der Waals surface area contributed by atoms with Gasteiger partial charge in [-0.2, -0.15) is 0 Å². The molecule has 1 aliphatic rings. The first-order valence-electron chi connectivity index (χ1n) is 7.93. The SMILES string of the molecule is O=C(c1ccc(-c2ccccc2Cl)o1)N1CCc2ccccc2C1. The molecule has 24 heavy (non-hydrogen) atoms. The van der Waals surface area contributed by atoms with E-state index in [4.69, 9.17) is 16.0 Å². The Hall–Kier alpha value is -2.52. The summed E-state index contributed by atoms with van der Waals surface area (Å²) in [5, 5.41) is 0.609. The number of nitrogens with zero attached hydrogens (tertiary/aromatic N) is 1. The van der Waals surface area contributed by atoms with E-state index < -0.39 is 0 Å². The summed E-state index contributed by atoms with van der Waals surface area (Å²) >= 11 is 6.20. The lowest BCUT2D eigenvalue weighted by Gasteiger charge is -2.28. The predicted octanol–water partition coefficient (Wildman–Crippen LogP) is 4.80. The molecule has 0 spiro atoms. The highest BCUT2D eigenvalue weighted by molar-refractivity contribution is 6.33. The number of furan rings is 1. The van der Waals surface area contributed by atoms with E-state index in [9.17, 15) is 4.79 Å². The van der Waals surface area contributed by atoms with E-state index in [0.717, 1.165) is 12.0 Å². The maximum atomic E-state index is 12.7. The summed E-state index contributed by atoms with van der Waals surface area (Å²) in [5.41, 5.74) is 3.31. The molecule has 0 bridgehead atoms. The van der Waals surface area contributed by atoms with E-state index in [2.05, 4.69) is 12.1 Å². The summed E-state index contributed by atoms with van der Waals surface area (Å²) in [5.74, 6) is 0.883. The summed E-state index contributed by atoms with van der Waals surface area (Å²) in [6, 6.07) is 19.2. The largest absolute Gasteiger partial charge is 0.451 e. The molecule has 0 saturated heterocycles. The highest BCUT2D eigenvalue weighted by Crippen LogP contribution is 2.30. The van der Waals surface area contributed by atoms with E-state index in [1.54, 1.807) is 12.1 Å².